The number of hydrogen-bond donors (Lipinski definition) is 1. The summed E-state index contributed by atoms with van der Waals surface area (Å²) in [5, 5.41) is 8.62. The molecule has 1 atom stereocenters. The molecule has 1 aliphatic rings. The largest absolute Gasteiger partial charge is 0.344 e. The first-order valence-corrected chi connectivity index (χ1v) is 9.52. The second-order valence-corrected chi connectivity index (χ2v) is 7.41. The zero-order valence-electron chi connectivity index (χ0n) is 15.4. The average molecular weight is 413 g/mol. The lowest BCUT2D eigenvalue weighted by molar-refractivity contribution is -0.115. The van der Waals surface area contributed by atoms with Crippen LogP contribution in [0.5, 0.6) is 0 Å². The summed E-state index contributed by atoms with van der Waals surface area (Å²) in [6.07, 6.45) is 1.70. The number of benzene rings is 2. The third-order valence-corrected chi connectivity index (χ3v) is 5.58. The summed E-state index contributed by atoms with van der Waals surface area (Å²) >= 11 is 12.4. The van der Waals surface area contributed by atoms with E-state index in [4.69, 9.17) is 23.2 Å². The minimum absolute atomic E-state index is 0.117. The highest BCUT2D eigenvalue weighted by Crippen LogP contribution is 2.38. The zero-order valence-corrected chi connectivity index (χ0v) is 16.9. The maximum absolute atomic E-state index is 13.5. The molecule has 2 heterocycles. The topological polar surface area (TPSA) is 50.2 Å². The number of amides is 1. The second kappa shape index (κ2) is 7.34. The number of carbonyl (C=O) groups is 1. The Morgan fingerprint density at radius 1 is 1.11 bits per heavy atom. The number of nitrogens with zero attached hydrogens (tertiary/aromatic N) is 3. The summed E-state index contributed by atoms with van der Waals surface area (Å²) in [6, 6.07) is 16.4. The Hall–Kier alpha value is -2.76. The van der Waals surface area contributed by atoms with Crippen molar-refractivity contribution in [2.75, 3.05) is 17.3 Å². The lowest BCUT2D eigenvalue weighted by atomic mass is 9.94. The molecule has 28 heavy (non-hydrogen) atoms. The number of para-hydroxylation sites is 1. The van der Waals surface area contributed by atoms with Crippen LogP contribution in [0.15, 0.2) is 72.1 Å². The van der Waals surface area contributed by atoms with Gasteiger partial charge in [-0.15, -0.1) is 0 Å². The number of carbonyl (C=O) groups excluding carboxylic acids is 1. The van der Waals surface area contributed by atoms with Crippen LogP contribution in [0.25, 0.3) is 0 Å². The van der Waals surface area contributed by atoms with Crippen LogP contribution in [0.1, 0.15) is 18.5 Å². The van der Waals surface area contributed by atoms with Crippen molar-refractivity contribution in [3.63, 3.8) is 0 Å². The molecule has 1 aliphatic heterocycles. The smallest absolute Gasteiger partial charge is 0.258 e. The number of likely N-dealkylation sites (N-methyl/N-ethyl adjacent to an activating group) is 1. The number of anilines is 2. The molecule has 0 spiro atoms. The molecule has 0 bridgehead atoms. The van der Waals surface area contributed by atoms with Gasteiger partial charge in [0.05, 0.1) is 21.8 Å². The van der Waals surface area contributed by atoms with Gasteiger partial charge in [0.15, 0.2) is 0 Å². The maximum Gasteiger partial charge on any atom is 0.258 e. The molecular formula is C21H18Cl2N4O. The lowest BCUT2D eigenvalue weighted by Crippen LogP contribution is -2.36. The Bertz CT molecular complexity index is 1080. The van der Waals surface area contributed by atoms with Gasteiger partial charge in [0.1, 0.15) is 11.9 Å². The number of fused-ring (bicyclic) bond motifs is 1. The maximum atomic E-state index is 13.5. The van der Waals surface area contributed by atoms with Crippen molar-refractivity contribution in [1.29, 1.82) is 0 Å². The predicted octanol–water partition coefficient (Wildman–Crippen LogP) is 5.14. The highest BCUT2D eigenvalue weighted by molar-refractivity contribution is 6.42. The molecule has 1 unspecified atom stereocenters. The molecule has 2 aromatic carbocycles. The first kappa shape index (κ1) is 18.6. The Morgan fingerprint density at radius 2 is 1.86 bits per heavy atom. The van der Waals surface area contributed by atoms with E-state index < -0.39 is 6.04 Å². The van der Waals surface area contributed by atoms with Crippen LogP contribution < -0.4 is 10.2 Å². The van der Waals surface area contributed by atoms with E-state index in [2.05, 4.69) is 10.4 Å². The monoisotopic (exact) mass is 412 g/mol. The number of allylic oxidation sites excluding steroid dienone is 1. The first-order valence-electron chi connectivity index (χ1n) is 8.76. The molecule has 0 fully saturated rings. The van der Waals surface area contributed by atoms with Crippen molar-refractivity contribution < 1.29 is 4.79 Å². The van der Waals surface area contributed by atoms with Gasteiger partial charge >= 0.3 is 0 Å². The van der Waals surface area contributed by atoms with Crippen LogP contribution in [0.4, 0.5) is 11.5 Å². The number of halogens is 2. The Morgan fingerprint density at radius 3 is 2.57 bits per heavy atom. The number of aromatic nitrogens is 2. The minimum Gasteiger partial charge on any atom is -0.344 e. The van der Waals surface area contributed by atoms with E-state index in [1.807, 2.05) is 49.4 Å². The normalized spacial score (nSPS) is 15.8. The molecule has 0 saturated carbocycles. The lowest BCUT2D eigenvalue weighted by Gasteiger charge is -2.32. The van der Waals surface area contributed by atoms with Crippen molar-refractivity contribution in [2.45, 2.75) is 13.0 Å². The number of nitrogens with one attached hydrogen (secondary N) is 1. The van der Waals surface area contributed by atoms with Gasteiger partial charge in [-0.1, -0.05) is 47.5 Å². The third kappa shape index (κ3) is 3.17. The highest BCUT2D eigenvalue weighted by Gasteiger charge is 2.34. The molecule has 3 aromatic rings. The molecule has 4 rings (SSSR count). The molecular weight excluding hydrogens is 395 g/mol. The predicted molar refractivity (Wildman–Crippen MR) is 113 cm³/mol. The Labute approximate surface area is 173 Å². The van der Waals surface area contributed by atoms with Crippen molar-refractivity contribution in [2.24, 2.45) is 0 Å². The molecule has 142 valence electrons. The van der Waals surface area contributed by atoms with E-state index in [-0.39, 0.29) is 5.91 Å². The van der Waals surface area contributed by atoms with Gasteiger partial charge in [-0.2, -0.15) is 5.10 Å². The van der Waals surface area contributed by atoms with Crippen LogP contribution >= 0.6 is 23.2 Å². The Balaban J connectivity index is 1.83. The summed E-state index contributed by atoms with van der Waals surface area (Å²) < 4.78 is 1.79. The van der Waals surface area contributed by atoms with E-state index in [1.165, 1.54) is 0 Å². The highest BCUT2D eigenvalue weighted by atomic mass is 35.5. The van der Waals surface area contributed by atoms with E-state index in [1.54, 1.807) is 35.0 Å². The fraction of sp³-hybridized carbons (Fsp3) is 0.143. The molecule has 0 radical (unpaired) electrons. The van der Waals surface area contributed by atoms with Crippen molar-refractivity contribution in [1.82, 2.24) is 9.78 Å². The van der Waals surface area contributed by atoms with E-state index >= 15 is 0 Å². The fourth-order valence-corrected chi connectivity index (χ4v) is 3.73. The summed E-state index contributed by atoms with van der Waals surface area (Å²) in [5.41, 5.74) is 3.02. The zero-order chi connectivity index (χ0) is 19.8. The number of rotatable bonds is 3. The quantitative estimate of drug-likeness (QED) is 0.647. The summed E-state index contributed by atoms with van der Waals surface area (Å²) in [4.78, 5) is 15.1. The molecule has 1 aromatic heterocycles. The van der Waals surface area contributed by atoms with Crippen LogP contribution in [-0.2, 0) is 4.79 Å². The van der Waals surface area contributed by atoms with Gasteiger partial charge in [-0.3, -0.25) is 4.79 Å². The third-order valence-electron chi connectivity index (χ3n) is 4.85. The van der Waals surface area contributed by atoms with Crippen LogP contribution in [0, 0.1) is 0 Å². The van der Waals surface area contributed by atoms with E-state index in [9.17, 15) is 4.79 Å². The molecule has 0 aliphatic carbocycles. The molecule has 1 amide bonds. The van der Waals surface area contributed by atoms with Gasteiger partial charge in [0, 0.05) is 24.5 Å². The van der Waals surface area contributed by atoms with E-state index in [0.717, 1.165) is 22.8 Å². The van der Waals surface area contributed by atoms with Gasteiger partial charge in [-0.05, 0) is 36.8 Å². The van der Waals surface area contributed by atoms with Gasteiger partial charge in [0.25, 0.3) is 5.91 Å². The second-order valence-electron chi connectivity index (χ2n) is 6.60. The molecule has 5 nitrogen and oxygen atoms in total. The summed E-state index contributed by atoms with van der Waals surface area (Å²) in [5.74, 6) is 0.695. The molecule has 7 heteroatoms. The summed E-state index contributed by atoms with van der Waals surface area (Å²) in [6.45, 7) is 1.90. The molecule has 0 saturated heterocycles. The van der Waals surface area contributed by atoms with Crippen LogP contribution in [-0.4, -0.2) is 22.7 Å². The van der Waals surface area contributed by atoms with Crippen LogP contribution in [0.3, 0.4) is 0 Å². The average Bonchev–Trinajstić information content (AvgIpc) is 3.16. The SMILES string of the molecule is CC1=C(C(=O)N(C)c2ccccc2)C(c2ccc(Cl)c(Cl)c2)n2nccc2N1. The first-order chi connectivity index (χ1) is 13.5. The standard InChI is InChI=1S/C21H18Cl2N4O/c1-13-19(21(28)26(2)15-6-4-3-5-7-15)20(27-18(25-13)10-11-24-27)14-8-9-16(22)17(23)12-14/h3-12,20,25H,1-2H3. The molecule has 1 N–H and O–H groups in total. The van der Waals surface area contributed by atoms with Crippen molar-refractivity contribution >= 4 is 40.6 Å². The Kier molecular flexibility index (Phi) is 4.87. The number of hydrogen-bond acceptors (Lipinski definition) is 3. The van der Waals surface area contributed by atoms with Crippen LogP contribution in [0.2, 0.25) is 10.0 Å². The van der Waals surface area contributed by atoms with Gasteiger partial charge < -0.3 is 10.2 Å². The summed E-state index contributed by atoms with van der Waals surface area (Å²) in [7, 11) is 1.77. The van der Waals surface area contributed by atoms with E-state index in [0.29, 0.717) is 15.6 Å². The van der Waals surface area contributed by atoms with Crippen molar-refractivity contribution in [3.8, 4) is 0 Å². The van der Waals surface area contributed by atoms with Gasteiger partial charge in [-0.25, -0.2) is 4.68 Å². The van der Waals surface area contributed by atoms with Gasteiger partial charge in [0.2, 0.25) is 0 Å². The van der Waals surface area contributed by atoms with Crippen molar-refractivity contribution in [3.05, 3.63) is 87.7 Å². The fourth-order valence-electron chi connectivity index (χ4n) is 3.42. The minimum atomic E-state index is -0.417.